The second-order valence-electron chi connectivity index (χ2n) is 8.08. The first kappa shape index (κ1) is 21.0. The Kier molecular flexibility index (Phi) is 5.70. The number of fused-ring (bicyclic) bond motifs is 1. The number of rotatable bonds is 6. The highest BCUT2D eigenvalue weighted by Crippen LogP contribution is 2.51. The molecule has 1 aliphatic heterocycles. The Hall–Kier alpha value is -2.22. The number of para-hydroxylation sites is 1. The zero-order valence-electron chi connectivity index (χ0n) is 16.9. The number of aliphatic hydroxyl groups excluding tert-OH is 3. The lowest BCUT2D eigenvalue weighted by molar-refractivity contribution is -0.326. The largest absolute Gasteiger partial charge is 0.464 e. The first-order chi connectivity index (χ1) is 14.5. The van der Waals surface area contributed by atoms with Crippen molar-refractivity contribution in [2.24, 2.45) is 0 Å². The smallest absolute Gasteiger partial charge is 0.140 e. The number of hydrogen-bond acceptors (Lipinski definition) is 6. The Morgan fingerprint density at radius 1 is 1.00 bits per heavy atom. The molecule has 5 atom stereocenters. The number of aliphatic hydroxyl groups is 4. The quantitative estimate of drug-likeness (QED) is 0.496. The molecule has 6 heteroatoms. The molecule has 30 heavy (non-hydrogen) atoms. The van der Waals surface area contributed by atoms with Crippen LogP contribution in [0.15, 0.2) is 65.3 Å². The molecule has 1 aliphatic rings. The van der Waals surface area contributed by atoms with Gasteiger partial charge in [0.25, 0.3) is 0 Å². The molecule has 6 nitrogen and oxygen atoms in total. The monoisotopic (exact) mass is 412 g/mol. The minimum Gasteiger partial charge on any atom is -0.464 e. The molecule has 0 saturated carbocycles. The van der Waals surface area contributed by atoms with Crippen molar-refractivity contribution in [3.8, 4) is 0 Å². The number of ether oxygens (including phenoxy) is 1. The van der Waals surface area contributed by atoms with E-state index in [1.807, 2.05) is 61.5 Å². The maximum Gasteiger partial charge on any atom is 0.140 e. The summed E-state index contributed by atoms with van der Waals surface area (Å²) in [6, 6.07) is 16.9. The van der Waals surface area contributed by atoms with Crippen LogP contribution in [0.5, 0.6) is 0 Å². The number of hydrogen-bond donors (Lipinski definition) is 4. The van der Waals surface area contributed by atoms with Crippen LogP contribution in [0.2, 0.25) is 0 Å². The van der Waals surface area contributed by atoms with Crippen molar-refractivity contribution in [3.63, 3.8) is 0 Å². The molecular formula is C24H28O6. The maximum atomic E-state index is 12.0. The highest BCUT2D eigenvalue weighted by atomic mass is 16.6. The lowest BCUT2D eigenvalue weighted by Crippen LogP contribution is -2.72. The van der Waals surface area contributed by atoms with Gasteiger partial charge < -0.3 is 29.6 Å². The second kappa shape index (κ2) is 8.13. The van der Waals surface area contributed by atoms with Gasteiger partial charge >= 0.3 is 0 Å². The van der Waals surface area contributed by atoms with Gasteiger partial charge in [-0.2, -0.15) is 0 Å². The first-order valence-electron chi connectivity index (χ1n) is 10.3. The fraction of sp³-hybridized carbons (Fsp3) is 0.417. The van der Waals surface area contributed by atoms with E-state index in [0.29, 0.717) is 17.6 Å². The molecule has 5 unspecified atom stereocenters. The van der Waals surface area contributed by atoms with E-state index in [1.165, 1.54) is 0 Å². The van der Waals surface area contributed by atoms with E-state index in [-0.39, 0.29) is 12.8 Å². The fourth-order valence-corrected chi connectivity index (χ4v) is 4.81. The molecule has 1 saturated heterocycles. The van der Waals surface area contributed by atoms with Gasteiger partial charge in [0.05, 0.1) is 12.9 Å². The Balaban J connectivity index is 2.00. The number of furan rings is 1. The van der Waals surface area contributed by atoms with Gasteiger partial charge in [-0.05, 0) is 18.1 Å². The maximum absolute atomic E-state index is 12.0. The normalized spacial score (nSPS) is 31.8. The third kappa shape index (κ3) is 3.16. The summed E-state index contributed by atoms with van der Waals surface area (Å²) < 4.78 is 12.1. The summed E-state index contributed by atoms with van der Waals surface area (Å²) in [5, 5.41) is 44.4. The molecule has 1 aromatic heterocycles. The van der Waals surface area contributed by atoms with Gasteiger partial charge in [-0.3, -0.25) is 0 Å². The van der Waals surface area contributed by atoms with E-state index in [0.717, 1.165) is 10.9 Å². The lowest BCUT2D eigenvalue weighted by Gasteiger charge is -2.56. The van der Waals surface area contributed by atoms with Crippen LogP contribution in [0.25, 0.3) is 11.0 Å². The van der Waals surface area contributed by atoms with Crippen LogP contribution in [0.3, 0.4) is 0 Å². The summed E-state index contributed by atoms with van der Waals surface area (Å²) in [6.45, 7) is 1.40. The van der Waals surface area contributed by atoms with E-state index in [2.05, 4.69) is 0 Å². The van der Waals surface area contributed by atoms with Crippen LogP contribution in [0.4, 0.5) is 0 Å². The first-order valence-corrected chi connectivity index (χ1v) is 10.3. The van der Waals surface area contributed by atoms with Gasteiger partial charge in [0, 0.05) is 17.4 Å². The minimum absolute atomic E-state index is 0.188. The highest BCUT2D eigenvalue weighted by molar-refractivity contribution is 5.81. The zero-order chi connectivity index (χ0) is 21.4. The van der Waals surface area contributed by atoms with Gasteiger partial charge in [0.15, 0.2) is 0 Å². The Bertz CT molecular complexity index is 986. The molecule has 2 aromatic carbocycles. The van der Waals surface area contributed by atoms with Crippen LogP contribution in [-0.4, -0.2) is 50.9 Å². The van der Waals surface area contributed by atoms with E-state index >= 15 is 0 Å². The molecule has 4 N–H and O–H groups in total. The molecule has 0 bridgehead atoms. The summed E-state index contributed by atoms with van der Waals surface area (Å²) in [4.78, 5) is 0. The summed E-state index contributed by atoms with van der Waals surface area (Å²) in [5.41, 5.74) is -1.26. The lowest BCUT2D eigenvalue weighted by atomic mass is 9.65. The third-order valence-electron chi connectivity index (χ3n) is 6.27. The molecular weight excluding hydrogens is 384 g/mol. The molecule has 0 amide bonds. The van der Waals surface area contributed by atoms with Crippen molar-refractivity contribution in [1.29, 1.82) is 0 Å². The van der Waals surface area contributed by atoms with Crippen LogP contribution < -0.4 is 0 Å². The van der Waals surface area contributed by atoms with Crippen molar-refractivity contribution in [3.05, 3.63) is 72.0 Å². The van der Waals surface area contributed by atoms with E-state index in [9.17, 15) is 20.4 Å². The van der Waals surface area contributed by atoms with Crippen LogP contribution in [0, 0.1) is 0 Å². The SMILES string of the molecule is CCCC1(O)C(O)C(O)C(CO)OC1(Cc1ccccc1)c1cccc2ccoc12. The average Bonchev–Trinajstić information content (AvgIpc) is 3.24. The molecule has 0 aliphatic carbocycles. The number of benzene rings is 2. The molecule has 0 spiro atoms. The fourth-order valence-electron chi connectivity index (χ4n) is 4.81. The molecule has 160 valence electrons. The Labute approximate surface area is 175 Å². The summed E-state index contributed by atoms with van der Waals surface area (Å²) >= 11 is 0. The zero-order valence-corrected chi connectivity index (χ0v) is 16.9. The summed E-state index contributed by atoms with van der Waals surface area (Å²) in [5.74, 6) is 0. The Morgan fingerprint density at radius 2 is 1.77 bits per heavy atom. The second-order valence-corrected chi connectivity index (χ2v) is 8.08. The highest BCUT2D eigenvalue weighted by Gasteiger charge is 2.64. The van der Waals surface area contributed by atoms with Crippen molar-refractivity contribution < 1.29 is 29.6 Å². The van der Waals surface area contributed by atoms with Gasteiger partial charge in [0.1, 0.15) is 35.1 Å². The topological polar surface area (TPSA) is 103 Å². The molecule has 1 fully saturated rings. The van der Waals surface area contributed by atoms with Crippen LogP contribution in [-0.2, 0) is 16.8 Å². The Morgan fingerprint density at radius 3 is 2.47 bits per heavy atom. The van der Waals surface area contributed by atoms with Crippen molar-refractivity contribution in [1.82, 2.24) is 0 Å². The molecule has 3 aromatic rings. The van der Waals surface area contributed by atoms with Crippen molar-refractivity contribution in [2.75, 3.05) is 6.61 Å². The van der Waals surface area contributed by atoms with E-state index in [4.69, 9.17) is 9.15 Å². The van der Waals surface area contributed by atoms with Crippen LogP contribution >= 0.6 is 0 Å². The van der Waals surface area contributed by atoms with Gasteiger partial charge in [-0.15, -0.1) is 0 Å². The molecule has 2 heterocycles. The predicted octanol–water partition coefficient (Wildman–Crippen LogP) is 2.51. The van der Waals surface area contributed by atoms with Crippen molar-refractivity contribution in [2.45, 2.75) is 55.7 Å². The van der Waals surface area contributed by atoms with Crippen molar-refractivity contribution >= 4 is 11.0 Å². The van der Waals surface area contributed by atoms with E-state index < -0.39 is 36.1 Å². The van der Waals surface area contributed by atoms with Crippen LogP contribution in [0.1, 0.15) is 30.9 Å². The third-order valence-corrected chi connectivity index (χ3v) is 6.27. The summed E-state index contributed by atoms with van der Waals surface area (Å²) in [7, 11) is 0. The predicted molar refractivity (Wildman–Crippen MR) is 112 cm³/mol. The minimum atomic E-state index is -1.82. The average molecular weight is 412 g/mol. The molecule has 4 rings (SSSR count). The summed E-state index contributed by atoms with van der Waals surface area (Å²) in [6.07, 6.45) is -1.47. The van der Waals surface area contributed by atoms with Gasteiger partial charge in [-0.1, -0.05) is 61.9 Å². The molecule has 0 radical (unpaired) electrons. The van der Waals surface area contributed by atoms with E-state index in [1.54, 1.807) is 6.26 Å². The standard InChI is InChI=1S/C24H28O6/c1-2-12-23(28)22(27)20(26)19(15-25)30-24(23,14-16-7-4-3-5-8-16)18-10-6-9-17-11-13-29-21(17)18/h3-11,13,19-20,22,25-28H,2,12,14-15H2,1H3. The van der Waals surface area contributed by atoms with Gasteiger partial charge in [0.2, 0.25) is 0 Å². The van der Waals surface area contributed by atoms with Gasteiger partial charge in [-0.25, -0.2) is 0 Å².